The van der Waals surface area contributed by atoms with Gasteiger partial charge in [-0.15, -0.1) is 0 Å². The van der Waals surface area contributed by atoms with E-state index in [1.54, 1.807) is 6.07 Å². The lowest BCUT2D eigenvalue weighted by Crippen LogP contribution is -2.23. The molecule has 1 atom stereocenters. The monoisotopic (exact) mass is 368 g/mol. The maximum absolute atomic E-state index is 14.5. The fraction of sp³-hybridized carbons (Fsp3) is 0.550. The smallest absolute Gasteiger partial charge is 0.272 e. The molecule has 0 bridgehead atoms. The van der Waals surface area contributed by atoms with E-state index in [9.17, 15) is 18.3 Å². The number of para-hydroxylation sites is 1. The lowest BCUT2D eigenvalue weighted by molar-refractivity contribution is 0.0188. The Morgan fingerprint density at radius 3 is 2.46 bits per heavy atom. The summed E-state index contributed by atoms with van der Waals surface area (Å²) >= 11 is 0. The molecule has 2 aromatic rings. The van der Waals surface area contributed by atoms with Crippen molar-refractivity contribution in [3.05, 3.63) is 41.1 Å². The molecule has 2 N–H and O–H groups in total. The summed E-state index contributed by atoms with van der Waals surface area (Å²) < 4.78 is 42.6. The third-order valence-electron chi connectivity index (χ3n) is 4.36. The van der Waals surface area contributed by atoms with Crippen molar-refractivity contribution in [3.8, 4) is 0 Å². The average Bonchev–Trinajstić information content (AvgIpc) is 2.55. The third-order valence-corrected chi connectivity index (χ3v) is 4.36. The summed E-state index contributed by atoms with van der Waals surface area (Å²) in [7, 11) is 0. The van der Waals surface area contributed by atoms with Crippen LogP contribution in [0.1, 0.15) is 63.5 Å². The van der Waals surface area contributed by atoms with Gasteiger partial charge in [0.15, 0.2) is 0 Å². The molecule has 0 amide bonds. The van der Waals surface area contributed by atoms with Gasteiger partial charge in [-0.1, -0.05) is 31.5 Å². The SMILES string of the molecule is CCCCNCC(O)c1cc(C(C)(C)F)nc2c(C(C)(F)F)cccc12. The van der Waals surface area contributed by atoms with Crippen molar-refractivity contribution in [2.45, 2.75) is 58.2 Å². The van der Waals surface area contributed by atoms with Crippen LogP contribution in [0.15, 0.2) is 24.3 Å². The normalized spacial score (nSPS) is 14.0. The Morgan fingerprint density at radius 1 is 1.19 bits per heavy atom. The minimum atomic E-state index is -3.12. The molecule has 0 saturated heterocycles. The second-order valence-corrected chi connectivity index (χ2v) is 7.23. The van der Waals surface area contributed by atoms with Crippen molar-refractivity contribution in [2.24, 2.45) is 0 Å². The molecular formula is C20H27F3N2O. The molecular weight excluding hydrogens is 341 g/mol. The van der Waals surface area contributed by atoms with Crippen LogP contribution in [-0.4, -0.2) is 23.2 Å². The highest BCUT2D eigenvalue weighted by atomic mass is 19.3. The van der Waals surface area contributed by atoms with E-state index < -0.39 is 17.7 Å². The van der Waals surface area contributed by atoms with Gasteiger partial charge in [0.05, 0.1) is 17.3 Å². The maximum atomic E-state index is 14.5. The number of hydrogen-bond acceptors (Lipinski definition) is 3. The van der Waals surface area contributed by atoms with Crippen LogP contribution in [0.4, 0.5) is 13.2 Å². The predicted octanol–water partition coefficient (Wildman–Crippen LogP) is 4.97. The fourth-order valence-electron chi connectivity index (χ4n) is 2.86. The number of unbranched alkanes of at least 4 members (excludes halogenated alkanes) is 1. The van der Waals surface area contributed by atoms with Gasteiger partial charge in [-0.2, -0.15) is 0 Å². The highest BCUT2D eigenvalue weighted by Crippen LogP contribution is 2.37. The van der Waals surface area contributed by atoms with Crippen molar-refractivity contribution in [2.75, 3.05) is 13.1 Å². The van der Waals surface area contributed by atoms with Crippen molar-refractivity contribution < 1.29 is 18.3 Å². The summed E-state index contributed by atoms with van der Waals surface area (Å²) in [5.41, 5.74) is -1.61. The molecule has 144 valence electrons. The molecule has 1 unspecified atom stereocenters. The molecule has 0 radical (unpaired) electrons. The van der Waals surface area contributed by atoms with E-state index in [-0.39, 0.29) is 23.3 Å². The van der Waals surface area contributed by atoms with E-state index in [1.807, 2.05) is 0 Å². The molecule has 0 aliphatic carbocycles. The van der Waals surface area contributed by atoms with Crippen molar-refractivity contribution in [1.29, 1.82) is 0 Å². The van der Waals surface area contributed by atoms with Crippen LogP contribution in [0.2, 0.25) is 0 Å². The van der Waals surface area contributed by atoms with Crippen LogP contribution in [0, 0.1) is 0 Å². The molecule has 2 rings (SSSR count). The topological polar surface area (TPSA) is 45.1 Å². The molecule has 0 saturated carbocycles. The van der Waals surface area contributed by atoms with Crippen LogP contribution in [0.3, 0.4) is 0 Å². The third kappa shape index (κ3) is 4.74. The minimum Gasteiger partial charge on any atom is -0.387 e. The maximum Gasteiger partial charge on any atom is 0.272 e. The van der Waals surface area contributed by atoms with Crippen LogP contribution >= 0.6 is 0 Å². The van der Waals surface area contributed by atoms with Crippen molar-refractivity contribution in [1.82, 2.24) is 10.3 Å². The molecule has 26 heavy (non-hydrogen) atoms. The number of nitrogens with zero attached hydrogens (tertiary/aromatic N) is 1. The summed E-state index contributed by atoms with van der Waals surface area (Å²) in [6.45, 7) is 6.51. The zero-order valence-electron chi connectivity index (χ0n) is 15.7. The lowest BCUT2D eigenvalue weighted by atomic mass is 9.95. The van der Waals surface area contributed by atoms with E-state index in [1.165, 1.54) is 32.0 Å². The molecule has 6 heteroatoms. The van der Waals surface area contributed by atoms with E-state index in [0.29, 0.717) is 10.9 Å². The van der Waals surface area contributed by atoms with Crippen molar-refractivity contribution >= 4 is 10.9 Å². The number of alkyl halides is 3. The Morgan fingerprint density at radius 2 is 1.88 bits per heavy atom. The molecule has 0 aliphatic rings. The first-order valence-electron chi connectivity index (χ1n) is 8.95. The number of halogens is 3. The predicted molar refractivity (Wildman–Crippen MR) is 98.2 cm³/mol. The molecule has 0 spiro atoms. The summed E-state index contributed by atoms with van der Waals surface area (Å²) in [6, 6.07) is 5.92. The number of benzene rings is 1. The van der Waals surface area contributed by atoms with Crippen LogP contribution in [0.25, 0.3) is 10.9 Å². The molecule has 0 aliphatic heterocycles. The van der Waals surface area contributed by atoms with Gasteiger partial charge in [0.25, 0.3) is 5.92 Å². The molecule has 0 fully saturated rings. The molecule has 1 heterocycles. The molecule has 1 aromatic carbocycles. The highest BCUT2D eigenvalue weighted by Gasteiger charge is 2.30. The first-order valence-corrected chi connectivity index (χ1v) is 8.95. The first-order chi connectivity index (χ1) is 12.1. The van der Waals surface area contributed by atoms with E-state index in [0.717, 1.165) is 26.3 Å². The first kappa shape index (κ1) is 20.6. The largest absolute Gasteiger partial charge is 0.387 e. The second kappa shape index (κ2) is 7.92. The van der Waals surface area contributed by atoms with Crippen LogP contribution in [-0.2, 0) is 11.6 Å². The van der Waals surface area contributed by atoms with Gasteiger partial charge in [-0.25, -0.2) is 18.2 Å². The van der Waals surface area contributed by atoms with Gasteiger partial charge in [-0.3, -0.25) is 0 Å². The van der Waals surface area contributed by atoms with Gasteiger partial charge < -0.3 is 10.4 Å². The average molecular weight is 368 g/mol. The Bertz CT molecular complexity index is 751. The Hall–Kier alpha value is -1.66. The molecule has 3 nitrogen and oxygen atoms in total. The summed E-state index contributed by atoms with van der Waals surface area (Å²) in [4.78, 5) is 4.18. The fourth-order valence-corrected chi connectivity index (χ4v) is 2.86. The van der Waals surface area contributed by atoms with Gasteiger partial charge in [0, 0.05) is 24.4 Å². The summed E-state index contributed by atoms with van der Waals surface area (Å²) in [6.07, 6.45) is 1.05. The van der Waals surface area contributed by atoms with E-state index in [2.05, 4.69) is 17.2 Å². The van der Waals surface area contributed by atoms with Crippen LogP contribution in [0.5, 0.6) is 0 Å². The highest BCUT2D eigenvalue weighted by molar-refractivity contribution is 5.86. The molecule has 1 aromatic heterocycles. The quantitative estimate of drug-likeness (QED) is 0.647. The number of hydrogen-bond donors (Lipinski definition) is 2. The number of pyridine rings is 1. The van der Waals surface area contributed by atoms with E-state index >= 15 is 0 Å². The van der Waals surface area contributed by atoms with Gasteiger partial charge in [-0.05, 0) is 38.4 Å². The summed E-state index contributed by atoms with van der Waals surface area (Å²) in [5, 5.41) is 14.2. The van der Waals surface area contributed by atoms with Crippen molar-refractivity contribution in [3.63, 3.8) is 0 Å². The number of nitrogens with one attached hydrogen (secondary N) is 1. The number of aromatic nitrogens is 1. The van der Waals surface area contributed by atoms with Crippen LogP contribution < -0.4 is 5.32 Å². The number of aliphatic hydroxyl groups is 1. The van der Waals surface area contributed by atoms with Gasteiger partial charge in [0.1, 0.15) is 5.67 Å². The Balaban J connectivity index is 2.57. The van der Waals surface area contributed by atoms with Gasteiger partial charge in [0.2, 0.25) is 0 Å². The summed E-state index contributed by atoms with van der Waals surface area (Å²) in [5.74, 6) is -3.12. The zero-order valence-corrected chi connectivity index (χ0v) is 15.7. The Kier molecular flexibility index (Phi) is 6.29. The lowest BCUT2D eigenvalue weighted by Gasteiger charge is -2.22. The Labute approximate surface area is 152 Å². The van der Waals surface area contributed by atoms with E-state index in [4.69, 9.17) is 0 Å². The number of fused-ring (bicyclic) bond motifs is 1. The number of rotatable bonds is 8. The second-order valence-electron chi connectivity index (χ2n) is 7.23. The van der Waals surface area contributed by atoms with Gasteiger partial charge >= 0.3 is 0 Å². The standard InChI is InChI=1S/C20H27F3N2O/c1-5-6-10-24-12-16(26)14-11-17(19(2,3)21)25-18-13(14)8-7-9-15(18)20(4,22)23/h7-9,11,16,24,26H,5-6,10,12H2,1-4H3. The minimum absolute atomic E-state index is 0.0318. The number of aliphatic hydroxyl groups excluding tert-OH is 1. The zero-order chi connectivity index (χ0) is 19.5.